The molecule has 0 saturated carbocycles. The van der Waals surface area contributed by atoms with Gasteiger partial charge in [-0.3, -0.25) is 4.79 Å². The summed E-state index contributed by atoms with van der Waals surface area (Å²) in [6.45, 7) is 5.15. The maximum Gasteiger partial charge on any atom is 0.282 e. The smallest absolute Gasteiger partial charge is 0.282 e. The summed E-state index contributed by atoms with van der Waals surface area (Å²) in [6, 6.07) is 16.6. The van der Waals surface area contributed by atoms with E-state index in [1.165, 1.54) is 32.8 Å². The lowest BCUT2D eigenvalue weighted by Crippen LogP contribution is -2.16. The number of hydrogen-bond donors (Lipinski definition) is 0. The summed E-state index contributed by atoms with van der Waals surface area (Å²) < 4.78 is 3.63. The number of fused-ring (bicyclic) bond motifs is 4. The van der Waals surface area contributed by atoms with Crippen LogP contribution in [-0.2, 0) is 13.0 Å². The molecule has 0 atom stereocenters. The maximum atomic E-state index is 12.7. The van der Waals surface area contributed by atoms with Gasteiger partial charge in [0.1, 0.15) is 11.2 Å². The first kappa shape index (κ1) is 17.8. The quantitative estimate of drug-likeness (QED) is 0.397. The molecule has 0 saturated heterocycles. The Morgan fingerprint density at radius 3 is 2.69 bits per heavy atom. The molecule has 5 nitrogen and oxygen atoms in total. The fraction of sp³-hybridized carbons (Fsp3) is 0.174. The van der Waals surface area contributed by atoms with Gasteiger partial charge in [0.25, 0.3) is 5.56 Å². The molecule has 0 aliphatic heterocycles. The number of benzene rings is 2. The van der Waals surface area contributed by atoms with Crippen LogP contribution in [0.5, 0.6) is 0 Å². The van der Waals surface area contributed by atoms with Gasteiger partial charge in [0, 0.05) is 33.2 Å². The molecule has 144 valence electrons. The third kappa shape index (κ3) is 2.87. The summed E-state index contributed by atoms with van der Waals surface area (Å²) >= 11 is 1.56. The van der Waals surface area contributed by atoms with Crippen molar-refractivity contribution >= 4 is 49.6 Å². The van der Waals surface area contributed by atoms with Crippen LogP contribution in [0.25, 0.3) is 32.0 Å². The Morgan fingerprint density at radius 2 is 1.86 bits per heavy atom. The van der Waals surface area contributed by atoms with E-state index in [2.05, 4.69) is 64.9 Å². The van der Waals surface area contributed by atoms with E-state index in [1.54, 1.807) is 17.6 Å². The van der Waals surface area contributed by atoms with E-state index in [1.807, 2.05) is 12.1 Å². The second-order valence-corrected chi connectivity index (χ2v) is 8.08. The highest BCUT2D eigenvalue weighted by atomic mass is 32.1. The Balaban J connectivity index is 1.59. The first-order valence-corrected chi connectivity index (χ1v) is 10.6. The Kier molecular flexibility index (Phi) is 4.28. The molecule has 0 radical (unpaired) electrons. The summed E-state index contributed by atoms with van der Waals surface area (Å²) in [7, 11) is 0. The summed E-state index contributed by atoms with van der Waals surface area (Å²) in [5.74, 6) is 0. The van der Waals surface area contributed by atoms with Gasteiger partial charge >= 0.3 is 0 Å². The maximum absolute atomic E-state index is 12.7. The van der Waals surface area contributed by atoms with Gasteiger partial charge in [-0.05, 0) is 43.2 Å². The van der Waals surface area contributed by atoms with Gasteiger partial charge in [-0.2, -0.15) is 9.78 Å². The van der Waals surface area contributed by atoms with Crippen LogP contribution in [0.15, 0.2) is 64.8 Å². The van der Waals surface area contributed by atoms with E-state index in [4.69, 9.17) is 0 Å². The third-order valence-electron chi connectivity index (χ3n) is 5.28. The van der Waals surface area contributed by atoms with Gasteiger partial charge in [-0.25, -0.2) is 4.98 Å². The molecular formula is C23H20N4OS. The topological polar surface area (TPSA) is 52.2 Å². The zero-order chi connectivity index (χ0) is 20.0. The van der Waals surface area contributed by atoms with Crippen molar-refractivity contribution in [2.75, 3.05) is 0 Å². The zero-order valence-electron chi connectivity index (χ0n) is 16.3. The molecule has 0 spiro atoms. The summed E-state index contributed by atoms with van der Waals surface area (Å²) in [4.78, 5) is 19.0. The fourth-order valence-corrected chi connectivity index (χ4v) is 4.77. The second-order valence-electron chi connectivity index (χ2n) is 6.96. The van der Waals surface area contributed by atoms with Crippen molar-refractivity contribution in [3.05, 3.63) is 75.7 Å². The minimum atomic E-state index is -0.133. The molecule has 0 aliphatic rings. The van der Waals surface area contributed by atoms with Crippen molar-refractivity contribution in [3.8, 4) is 0 Å². The number of hydrogen-bond acceptors (Lipinski definition) is 4. The summed E-state index contributed by atoms with van der Waals surface area (Å²) in [5.41, 5.74) is 3.25. The van der Waals surface area contributed by atoms with Gasteiger partial charge < -0.3 is 4.57 Å². The molecule has 0 bridgehead atoms. The molecule has 0 fully saturated rings. The molecule has 0 aliphatic carbocycles. The molecule has 6 heteroatoms. The lowest BCUT2D eigenvalue weighted by molar-refractivity contribution is 0.818. The first-order chi connectivity index (χ1) is 14.2. The molecule has 0 amide bonds. The lowest BCUT2D eigenvalue weighted by Gasteiger charge is -2.02. The van der Waals surface area contributed by atoms with Gasteiger partial charge in [0.15, 0.2) is 0 Å². The highest BCUT2D eigenvalue weighted by Crippen LogP contribution is 2.29. The number of thiophene rings is 1. The lowest BCUT2D eigenvalue weighted by atomic mass is 10.1. The average Bonchev–Trinajstić information content (AvgIpc) is 3.32. The highest BCUT2D eigenvalue weighted by Gasteiger charge is 2.10. The minimum absolute atomic E-state index is 0.133. The Labute approximate surface area is 171 Å². The van der Waals surface area contributed by atoms with Crippen LogP contribution in [0.2, 0.25) is 0 Å². The Morgan fingerprint density at radius 1 is 1.03 bits per heavy atom. The van der Waals surface area contributed by atoms with Crippen molar-refractivity contribution in [1.29, 1.82) is 0 Å². The summed E-state index contributed by atoms with van der Waals surface area (Å²) in [5, 5.41) is 7.44. The van der Waals surface area contributed by atoms with Crippen LogP contribution in [0.1, 0.15) is 24.3 Å². The Hall–Kier alpha value is -3.25. The number of nitrogens with zero attached hydrogens (tertiary/aromatic N) is 4. The number of aryl methyl sites for hydroxylation is 2. The number of para-hydroxylation sites is 1. The summed E-state index contributed by atoms with van der Waals surface area (Å²) in [6.07, 6.45) is 4.12. The van der Waals surface area contributed by atoms with E-state index < -0.39 is 0 Å². The molecular weight excluding hydrogens is 380 g/mol. The number of rotatable bonds is 4. The Bertz CT molecular complexity index is 1450. The molecule has 29 heavy (non-hydrogen) atoms. The van der Waals surface area contributed by atoms with Crippen LogP contribution >= 0.6 is 11.3 Å². The van der Waals surface area contributed by atoms with E-state index in [-0.39, 0.29) is 5.56 Å². The average molecular weight is 401 g/mol. The molecule has 3 aromatic heterocycles. The molecule has 2 aromatic carbocycles. The van der Waals surface area contributed by atoms with Gasteiger partial charge in [0.2, 0.25) is 0 Å². The molecule has 0 N–H and O–H groups in total. The van der Waals surface area contributed by atoms with Crippen LogP contribution in [-0.4, -0.2) is 20.4 Å². The largest absolute Gasteiger partial charge is 0.341 e. The van der Waals surface area contributed by atoms with E-state index >= 15 is 0 Å². The van der Waals surface area contributed by atoms with E-state index in [9.17, 15) is 4.79 Å². The SMILES string of the molecule is CCc1cc2c(=O)n(/N=C\c3ccc4c(c3)c3ccccc3n4CC)cnc2s1. The first-order valence-electron chi connectivity index (χ1n) is 9.75. The van der Waals surface area contributed by atoms with E-state index in [0.717, 1.165) is 28.2 Å². The standard InChI is InChI=1S/C23H20N4OS/c1-3-16-12-19-22(29-16)24-14-27(23(19)28)25-13-15-9-10-21-18(11-15)17-7-5-6-8-20(17)26(21)4-2/h5-14H,3-4H2,1-2H3/b25-13-. The van der Waals surface area contributed by atoms with Crippen LogP contribution in [0, 0.1) is 0 Å². The molecule has 3 heterocycles. The molecule has 5 aromatic rings. The van der Waals surface area contributed by atoms with Gasteiger partial charge in [-0.1, -0.05) is 31.2 Å². The molecule has 5 rings (SSSR count). The third-order valence-corrected chi connectivity index (χ3v) is 6.47. The predicted molar refractivity (Wildman–Crippen MR) is 121 cm³/mol. The minimum Gasteiger partial charge on any atom is -0.341 e. The van der Waals surface area contributed by atoms with Crippen molar-refractivity contribution in [2.45, 2.75) is 26.8 Å². The second kappa shape index (κ2) is 6.97. The van der Waals surface area contributed by atoms with Gasteiger partial charge in [0.05, 0.1) is 11.6 Å². The fourth-order valence-electron chi connectivity index (χ4n) is 3.84. The number of aromatic nitrogens is 3. The van der Waals surface area contributed by atoms with Crippen LogP contribution in [0.3, 0.4) is 0 Å². The van der Waals surface area contributed by atoms with E-state index in [0.29, 0.717) is 5.39 Å². The predicted octanol–water partition coefficient (Wildman–Crippen LogP) is 5.03. The monoisotopic (exact) mass is 400 g/mol. The zero-order valence-corrected chi connectivity index (χ0v) is 17.1. The van der Waals surface area contributed by atoms with Crippen LogP contribution < -0.4 is 5.56 Å². The van der Waals surface area contributed by atoms with Gasteiger partial charge in [-0.15, -0.1) is 11.3 Å². The van der Waals surface area contributed by atoms with Crippen molar-refractivity contribution in [2.24, 2.45) is 5.10 Å². The van der Waals surface area contributed by atoms with Crippen LogP contribution in [0.4, 0.5) is 0 Å². The van der Waals surface area contributed by atoms with Crippen molar-refractivity contribution < 1.29 is 0 Å². The highest BCUT2D eigenvalue weighted by molar-refractivity contribution is 7.18. The van der Waals surface area contributed by atoms with Crippen molar-refractivity contribution in [3.63, 3.8) is 0 Å². The normalized spacial score (nSPS) is 12.1. The van der Waals surface area contributed by atoms with Crippen molar-refractivity contribution in [1.82, 2.24) is 14.2 Å². The molecule has 0 unspecified atom stereocenters.